The second-order valence-electron chi connectivity index (χ2n) is 7.39. The van der Waals surface area contributed by atoms with Gasteiger partial charge in [-0.2, -0.15) is 4.31 Å². The van der Waals surface area contributed by atoms with Crippen molar-refractivity contribution in [3.63, 3.8) is 0 Å². The summed E-state index contributed by atoms with van der Waals surface area (Å²) in [4.78, 5) is 34.4. The van der Waals surface area contributed by atoms with Crippen LogP contribution in [0.5, 0.6) is 0 Å². The van der Waals surface area contributed by atoms with E-state index >= 15 is 0 Å². The normalized spacial score (nSPS) is 14.8. The number of carbonyl (C=O) groups excluding carboxylic acids is 2. The average Bonchev–Trinajstić information content (AvgIpc) is 3.09. The lowest BCUT2D eigenvalue weighted by Gasteiger charge is -2.20. The Hall–Kier alpha value is -3.38. The number of nitro benzene ring substituents is 1. The van der Waals surface area contributed by atoms with Crippen molar-refractivity contribution >= 4 is 33.3 Å². The number of benzene rings is 2. The van der Waals surface area contributed by atoms with Crippen LogP contribution in [-0.2, 0) is 19.6 Å². The number of hydrogen-bond acceptors (Lipinski definition) is 7. The molecule has 12 heteroatoms. The van der Waals surface area contributed by atoms with E-state index in [-0.39, 0.29) is 10.5 Å². The van der Waals surface area contributed by atoms with E-state index in [9.17, 15) is 32.5 Å². The number of halogens is 1. The Morgan fingerprint density at radius 3 is 2.45 bits per heavy atom. The standard InChI is InChI=1S/C21H22FN3O7S/c22-18-9-8-16(25(28)29)13-19(18)23-20(26)14-32-21(27)15-6-5-7-17(12-15)33(30,31)24-10-3-1-2-4-11-24/h5-9,12-13H,1-4,10-11,14H2,(H,23,26). The van der Waals surface area contributed by atoms with Crippen molar-refractivity contribution in [2.75, 3.05) is 25.0 Å². The van der Waals surface area contributed by atoms with Crippen LogP contribution in [-0.4, -0.2) is 49.2 Å². The summed E-state index contributed by atoms with van der Waals surface area (Å²) in [5.74, 6) is -2.76. The smallest absolute Gasteiger partial charge is 0.338 e. The molecule has 1 fully saturated rings. The lowest BCUT2D eigenvalue weighted by atomic mass is 10.2. The highest BCUT2D eigenvalue weighted by Gasteiger charge is 2.26. The van der Waals surface area contributed by atoms with Gasteiger partial charge >= 0.3 is 5.97 Å². The summed E-state index contributed by atoms with van der Waals surface area (Å²) in [5.41, 5.74) is -0.929. The number of nitrogens with one attached hydrogen (secondary N) is 1. The Morgan fingerprint density at radius 1 is 1.09 bits per heavy atom. The average molecular weight is 479 g/mol. The first-order valence-electron chi connectivity index (χ1n) is 10.2. The molecule has 0 aliphatic carbocycles. The number of nitrogens with zero attached hydrogens (tertiary/aromatic N) is 2. The Labute approximate surface area is 189 Å². The topological polar surface area (TPSA) is 136 Å². The largest absolute Gasteiger partial charge is 0.452 e. The van der Waals surface area contributed by atoms with Gasteiger partial charge in [-0.25, -0.2) is 17.6 Å². The molecular formula is C21H22FN3O7S. The third kappa shape index (κ3) is 6.11. The zero-order valence-corrected chi connectivity index (χ0v) is 18.3. The van der Waals surface area contributed by atoms with Crippen LogP contribution in [0, 0.1) is 15.9 Å². The first-order valence-corrected chi connectivity index (χ1v) is 11.6. The quantitative estimate of drug-likeness (QED) is 0.366. The van der Waals surface area contributed by atoms with Gasteiger partial charge in [0.2, 0.25) is 10.0 Å². The first kappa shape index (κ1) is 24.3. The summed E-state index contributed by atoms with van der Waals surface area (Å²) in [6, 6.07) is 7.93. The molecule has 1 aliphatic heterocycles. The fourth-order valence-corrected chi connectivity index (χ4v) is 4.90. The lowest BCUT2D eigenvalue weighted by molar-refractivity contribution is -0.384. The molecule has 1 saturated heterocycles. The van der Waals surface area contributed by atoms with E-state index < -0.39 is 50.6 Å². The maximum Gasteiger partial charge on any atom is 0.338 e. The molecule has 0 radical (unpaired) electrons. The van der Waals surface area contributed by atoms with E-state index in [0.717, 1.165) is 43.9 Å². The summed E-state index contributed by atoms with van der Waals surface area (Å²) in [7, 11) is -3.78. The van der Waals surface area contributed by atoms with E-state index in [1.165, 1.54) is 28.6 Å². The Morgan fingerprint density at radius 2 is 1.79 bits per heavy atom. The number of hydrogen-bond donors (Lipinski definition) is 1. The second kappa shape index (κ2) is 10.5. The molecule has 0 saturated carbocycles. The molecule has 10 nitrogen and oxygen atoms in total. The molecule has 176 valence electrons. The van der Waals surface area contributed by atoms with E-state index in [0.29, 0.717) is 13.1 Å². The van der Waals surface area contributed by atoms with Crippen molar-refractivity contribution in [3.05, 3.63) is 64.0 Å². The van der Waals surface area contributed by atoms with Crippen LogP contribution < -0.4 is 5.32 Å². The van der Waals surface area contributed by atoms with Gasteiger partial charge < -0.3 is 10.1 Å². The molecule has 2 aromatic carbocycles. The van der Waals surface area contributed by atoms with Crippen molar-refractivity contribution < 1.29 is 32.1 Å². The molecular weight excluding hydrogens is 457 g/mol. The lowest BCUT2D eigenvalue weighted by Crippen LogP contribution is -2.32. The van der Waals surface area contributed by atoms with Crippen LogP contribution in [0.1, 0.15) is 36.0 Å². The van der Waals surface area contributed by atoms with Gasteiger partial charge in [-0.1, -0.05) is 18.9 Å². The molecule has 0 spiro atoms. The summed E-state index contributed by atoms with van der Waals surface area (Å²) < 4.78 is 45.9. The van der Waals surface area contributed by atoms with Crippen molar-refractivity contribution in [2.24, 2.45) is 0 Å². The van der Waals surface area contributed by atoms with Gasteiger partial charge in [0.1, 0.15) is 5.82 Å². The number of rotatable bonds is 7. The SMILES string of the molecule is O=C(COC(=O)c1cccc(S(=O)(=O)N2CCCCCC2)c1)Nc1cc([N+](=O)[O-])ccc1F. The van der Waals surface area contributed by atoms with Gasteiger partial charge in [0.05, 0.1) is 21.1 Å². The summed E-state index contributed by atoms with van der Waals surface area (Å²) in [5, 5.41) is 12.9. The maximum absolute atomic E-state index is 13.8. The number of amides is 1. The fourth-order valence-electron chi connectivity index (χ4n) is 3.34. The Bertz CT molecular complexity index is 1160. The summed E-state index contributed by atoms with van der Waals surface area (Å²) >= 11 is 0. The van der Waals surface area contributed by atoms with Crippen molar-refractivity contribution in [3.8, 4) is 0 Å². The van der Waals surface area contributed by atoms with Crippen LogP contribution in [0.3, 0.4) is 0 Å². The Balaban J connectivity index is 1.65. The minimum atomic E-state index is -3.78. The number of esters is 1. The monoisotopic (exact) mass is 479 g/mol. The molecule has 0 atom stereocenters. The number of nitro groups is 1. The van der Waals surface area contributed by atoms with E-state index in [4.69, 9.17) is 4.74 Å². The van der Waals surface area contributed by atoms with Gasteiger partial charge in [-0.15, -0.1) is 0 Å². The third-order valence-corrected chi connectivity index (χ3v) is 6.94. The van der Waals surface area contributed by atoms with Crippen molar-refractivity contribution in [2.45, 2.75) is 30.6 Å². The molecule has 1 aliphatic rings. The summed E-state index contributed by atoms with van der Waals surface area (Å²) in [6.45, 7) is 0.0147. The second-order valence-corrected chi connectivity index (χ2v) is 9.33. The number of sulfonamides is 1. The number of non-ortho nitro benzene ring substituents is 1. The van der Waals surface area contributed by atoms with Crippen molar-refractivity contribution in [1.29, 1.82) is 0 Å². The predicted molar refractivity (Wildman–Crippen MR) is 116 cm³/mol. The van der Waals surface area contributed by atoms with Crippen LogP contribution >= 0.6 is 0 Å². The summed E-state index contributed by atoms with van der Waals surface area (Å²) in [6.07, 6.45) is 3.45. The van der Waals surface area contributed by atoms with Crippen LogP contribution in [0.4, 0.5) is 15.8 Å². The van der Waals surface area contributed by atoms with Crippen molar-refractivity contribution in [1.82, 2.24) is 4.31 Å². The number of ether oxygens (including phenoxy) is 1. The number of anilines is 1. The van der Waals surface area contributed by atoms with E-state index in [2.05, 4.69) is 5.32 Å². The Kier molecular flexibility index (Phi) is 7.71. The van der Waals surface area contributed by atoms with E-state index in [1.807, 2.05) is 0 Å². The molecule has 33 heavy (non-hydrogen) atoms. The molecule has 1 N–H and O–H groups in total. The zero-order valence-electron chi connectivity index (χ0n) is 17.5. The molecule has 0 bridgehead atoms. The molecule has 3 rings (SSSR count). The van der Waals surface area contributed by atoms with Gasteiger partial charge in [-0.3, -0.25) is 14.9 Å². The van der Waals surface area contributed by atoms with Crippen LogP contribution in [0.25, 0.3) is 0 Å². The minimum absolute atomic E-state index is 0.0537. The predicted octanol–water partition coefficient (Wildman–Crippen LogP) is 3.09. The highest BCUT2D eigenvalue weighted by atomic mass is 32.2. The highest BCUT2D eigenvalue weighted by molar-refractivity contribution is 7.89. The first-order chi connectivity index (χ1) is 15.7. The fraction of sp³-hybridized carbons (Fsp3) is 0.333. The van der Waals surface area contributed by atoms with Gasteiger partial charge in [0, 0.05) is 25.2 Å². The molecule has 1 heterocycles. The molecule has 2 aromatic rings. The van der Waals surface area contributed by atoms with E-state index in [1.54, 1.807) is 0 Å². The maximum atomic E-state index is 13.8. The van der Waals surface area contributed by atoms with Gasteiger partial charge in [0.15, 0.2) is 6.61 Å². The minimum Gasteiger partial charge on any atom is -0.452 e. The van der Waals surface area contributed by atoms with Gasteiger partial charge in [0.25, 0.3) is 11.6 Å². The molecule has 0 unspecified atom stereocenters. The van der Waals surface area contributed by atoms with Crippen LogP contribution in [0.2, 0.25) is 0 Å². The highest BCUT2D eigenvalue weighted by Crippen LogP contribution is 2.22. The number of carbonyl (C=O) groups is 2. The molecule has 1 amide bonds. The van der Waals surface area contributed by atoms with Gasteiger partial charge in [-0.05, 0) is 37.1 Å². The third-order valence-electron chi connectivity index (χ3n) is 5.04. The molecule has 0 aromatic heterocycles. The van der Waals surface area contributed by atoms with Crippen LogP contribution in [0.15, 0.2) is 47.4 Å². The zero-order chi connectivity index (χ0) is 24.0.